The zero-order valence-corrected chi connectivity index (χ0v) is 12.5. The molecular weight excluding hydrogens is 238 g/mol. The smallest absolute Gasteiger partial charge is 0.224 e. The summed E-state index contributed by atoms with van der Waals surface area (Å²) in [7, 11) is 0. The highest BCUT2D eigenvalue weighted by molar-refractivity contribution is 5.77. The second kappa shape index (κ2) is 6.71. The van der Waals surface area contributed by atoms with Gasteiger partial charge in [0.15, 0.2) is 0 Å². The predicted octanol–water partition coefficient (Wildman–Crippen LogP) is 1.45. The van der Waals surface area contributed by atoms with Crippen molar-refractivity contribution in [1.29, 1.82) is 0 Å². The van der Waals surface area contributed by atoms with E-state index >= 15 is 0 Å². The lowest BCUT2D eigenvalue weighted by Crippen LogP contribution is -2.42. The molecule has 2 heterocycles. The number of carbonyl (C=O) groups excluding carboxylic acids is 1. The third-order valence-electron chi connectivity index (χ3n) is 4.69. The fraction of sp³-hybridized carbons (Fsp3) is 0.933. The summed E-state index contributed by atoms with van der Waals surface area (Å²) < 4.78 is 0. The zero-order valence-electron chi connectivity index (χ0n) is 12.5. The normalized spacial score (nSPS) is 26.9. The van der Waals surface area contributed by atoms with Gasteiger partial charge in [-0.1, -0.05) is 20.3 Å². The van der Waals surface area contributed by atoms with Gasteiger partial charge in [0.1, 0.15) is 0 Å². The van der Waals surface area contributed by atoms with Gasteiger partial charge in [0, 0.05) is 31.6 Å². The Balaban J connectivity index is 1.79. The van der Waals surface area contributed by atoms with Crippen LogP contribution in [-0.4, -0.2) is 54.0 Å². The first-order valence-corrected chi connectivity index (χ1v) is 7.85. The van der Waals surface area contributed by atoms with E-state index in [1.54, 1.807) is 0 Å². The molecule has 0 bridgehead atoms. The lowest BCUT2D eigenvalue weighted by Gasteiger charge is -2.32. The molecule has 2 aliphatic heterocycles. The number of piperidine rings is 1. The SMILES string of the molecule is CC(C)C(N)CC(=O)N1CCC(N2CCCCC2)C1. The molecule has 0 radical (unpaired) electrons. The Morgan fingerprint density at radius 1 is 1.21 bits per heavy atom. The van der Waals surface area contributed by atoms with Gasteiger partial charge in [0.2, 0.25) is 5.91 Å². The van der Waals surface area contributed by atoms with Gasteiger partial charge in [0.05, 0.1) is 0 Å². The van der Waals surface area contributed by atoms with E-state index in [0.717, 1.165) is 19.5 Å². The Bertz CT molecular complexity index is 300. The van der Waals surface area contributed by atoms with Crippen LogP contribution in [0.3, 0.4) is 0 Å². The predicted molar refractivity (Wildman–Crippen MR) is 77.8 cm³/mol. The number of amides is 1. The summed E-state index contributed by atoms with van der Waals surface area (Å²) in [5.74, 6) is 0.630. The second-order valence-electron chi connectivity index (χ2n) is 6.49. The van der Waals surface area contributed by atoms with Gasteiger partial charge in [0.25, 0.3) is 0 Å². The van der Waals surface area contributed by atoms with Crippen LogP contribution in [0.15, 0.2) is 0 Å². The lowest BCUT2D eigenvalue weighted by molar-refractivity contribution is -0.130. The minimum Gasteiger partial charge on any atom is -0.341 e. The largest absolute Gasteiger partial charge is 0.341 e. The Labute approximate surface area is 117 Å². The van der Waals surface area contributed by atoms with Gasteiger partial charge in [-0.25, -0.2) is 0 Å². The molecule has 2 rings (SSSR count). The van der Waals surface area contributed by atoms with Gasteiger partial charge in [-0.2, -0.15) is 0 Å². The van der Waals surface area contributed by atoms with Crippen molar-refractivity contribution in [2.24, 2.45) is 11.7 Å². The second-order valence-corrected chi connectivity index (χ2v) is 6.49. The van der Waals surface area contributed by atoms with Crippen LogP contribution in [0.2, 0.25) is 0 Å². The summed E-state index contributed by atoms with van der Waals surface area (Å²) in [6, 6.07) is 0.598. The van der Waals surface area contributed by atoms with Gasteiger partial charge < -0.3 is 10.6 Å². The highest BCUT2D eigenvalue weighted by Crippen LogP contribution is 2.21. The molecule has 4 nitrogen and oxygen atoms in total. The molecule has 0 aliphatic carbocycles. The van der Waals surface area contributed by atoms with Gasteiger partial charge >= 0.3 is 0 Å². The van der Waals surface area contributed by atoms with Crippen molar-refractivity contribution >= 4 is 5.91 Å². The van der Waals surface area contributed by atoms with Gasteiger partial charge in [-0.05, 0) is 38.3 Å². The van der Waals surface area contributed by atoms with Crippen molar-refractivity contribution in [2.75, 3.05) is 26.2 Å². The fourth-order valence-corrected chi connectivity index (χ4v) is 3.12. The number of carbonyl (C=O) groups is 1. The van der Waals surface area contributed by atoms with Crippen LogP contribution in [0, 0.1) is 5.92 Å². The average molecular weight is 267 g/mol. The van der Waals surface area contributed by atoms with Crippen molar-refractivity contribution in [3.8, 4) is 0 Å². The Kier molecular flexibility index (Phi) is 5.22. The molecular formula is C15H29N3O. The molecule has 4 heteroatoms. The molecule has 0 aromatic heterocycles. The van der Waals surface area contributed by atoms with Crippen molar-refractivity contribution in [2.45, 2.75) is 58.0 Å². The monoisotopic (exact) mass is 267 g/mol. The first-order chi connectivity index (χ1) is 9.08. The standard InChI is InChI=1S/C15H29N3O/c1-12(2)14(16)10-15(19)18-9-6-13(11-18)17-7-4-3-5-8-17/h12-14H,3-11,16H2,1-2H3. The molecule has 0 aromatic carbocycles. The van der Waals surface area contributed by atoms with Crippen molar-refractivity contribution in [3.05, 3.63) is 0 Å². The number of hydrogen-bond acceptors (Lipinski definition) is 3. The van der Waals surface area contributed by atoms with Crippen molar-refractivity contribution in [3.63, 3.8) is 0 Å². The Hall–Kier alpha value is -0.610. The van der Waals surface area contributed by atoms with Crippen molar-refractivity contribution < 1.29 is 4.79 Å². The van der Waals surface area contributed by atoms with Crippen LogP contribution in [0.1, 0.15) is 46.0 Å². The number of hydrogen-bond donors (Lipinski definition) is 1. The first kappa shape index (κ1) is 14.8. The van der Waals surface area contributed by atoms with Crippen LogP contribution < -0.4 is 5.73 Å². The molecule has 1 amide bonds. The van der Waals surface area contributed by atoms with E-state index < -0.39 is 0 Å². The topological polar surface area (TPSA) is 49.6 Å². The average Bonchev–Trinajstić information content (AvgIpc) is 2.89. The van der Waals surface area contributed by atoms with Crippen LogP contribution in [0.4, 0.5) is 0 Å². The number of likely N-dealkylation sites (tertiary alicyclic amines) is 2. The fourth-order valence-electron chi connectivity index (χ4n) is 3.12. The van der Waals surface area contributed by atoms with E-state index in [9.17, 15) is 4.79 Å². The highest BCUT2D eigenvalue weighted by atomic mass is 16.2. The summed E-state index contributed by atoms with van der Waals surface area (Å²) in [6.07, 6.45) is 5.66. The minimum atomic E-state index is 0.00142. The number of nitrogens with zero attached hydrogens (tertiary/aromatic N) is 2. The molecule has 2 aliphatic rings. The van der Waals surface area contributed by atoms with Gasteiger partial charge in [-0.15, -0.1) is 0 Å². The lowest BCUT2D eigenvalue weighted by atomic mass is 10.0. The molecule has 0 spiro atoms. The minimum absolute atomic E-state index is 0.00142. The molecule has 2 saturated heterocycles. The summed E-state index contributed by atoms with van der Waals surface area (Å²) in [4.78, 5) is 16.8. The third-order valence-corrected chi connectivity index (χ3v) is 4.69. The van der Waals surface area contributed by atoms with Crippen LogP contribution in [-0.2, 0) is 4.79 Å². The molecule has 0 saturated carbocycles. The summed E-state index contributed by atoms with van der Waals surface area (Å²) in [5, 5.41) is 0. The Morgan fingerprint density at radius 3 is 2.53 bits per heavy atom. The van der Waals surface area contributed by atoms with E-state index in [-0.39, 0.29) is 11.9 Å². The van der Waals surface area contributed by atoms with E-state index in [1.165, 1.54) is 32.4 Å². The maximum Gasteiger partial charge on any atom is 0.224 e. The van der Waals surface area contributed by atoms with E-state index in [0.29, 0.717) is 18.4 Å². The zero-order chi connectivity index (χ0) is 13.8. The molecule has 2 fully saturated rings. The quantitative estimate of drug-likeness (QED) is 0.838. The first-order valence-electron chi connectivity index (χ1n) is 7.85. The Morgan fingerprint density at radius 2 is 1.89 bits per heavy atom. The molecule has 110 valence electrons. The highest BCUT2D eigenvalue weighted by Gasteiger charge is 2.31. The summed E-state index contributed by atoms with van der Waals surface area (Å²) >= 11 is 0. The molecule has 2 unspecified atom stereocenters. The van der Waals surface area contributed by atoms with Crippen molar-refractivity contribution in [1.82, 2.24) is 9.80 Å². The molecule has 19 heavy (non-hydrogen) atoms. The summed E-state index contributed by atoms with van der Waals surface area (Å²) in [5.41, 5.74) is 6.00. The van der Waals surface area contributed by atoms with Crippen LogP contribution >= 0.6 is 0 Å². The molecule has 0 aromatic rings. The molecule has 2 N–H and O–H groups in total. The van der Waals surface area contributed by atoms with Crippen LogP contribution in [0.5, 0.6) is 0 Å². The molecule has 2 atom stereocenters. The summed E-state index contributed by atoms with van der Waals surface area (Å²) in [6.45, 7) is 8.45. The maximum absolute atomic E-state index is 12.2. The van der Waals surface area contributed by atoms with E-state index in [1.807, 2.05) is 4.90 Å². The number of rotatable bonds is 4. The van der Waals surface area contributed by atoms with Crippen LogP contribution in [0.25, 0.3) is 0 Å². The van der Waals surface area contributed by atoms with E-state index in [2.05, 4.69) is 18.7 Å². The number of nitrogens with two attached hydrogens (primary N) is 1. The van der Waals surface area contributed by atoms with E-state index in [4.69, 9.17) is 5.73 Å². The maximum atomic E-state index is 12.2. The van der Waals surface area contributed by atoms with Gasteiger partial charge in [-0.3, -0.25) is 9.69 Å². The third kappa shape index (κ3) is 3.93.